The van der Waals surface area contributed by atoms with Crippen molar-refractivity contribution in [1.82, 2.24) is 0 Å². The number of ketones is 1. The van der Waals surface area contributed by atoms with Crippen LogP contribution < -0.4 is 5.43 Å². The molecule has 0 saturated carbocycles. The summed E-state index contributed by atoms with van der Waals surface area (Å²) in [5.41, 5.74) is 0.340. The number of benzene rings is 1. The van der Waals surface area contributed by atoms with Gasteiger partial charge in [-0.2, -0.15) is 21.9 Å². The van der Waals surface area contributed by atoms with E-state index in [2.05, 4.69) is 20.0 Å². The van der Waals surface area contributed by atoms with Gasteiger partial charge >= 0.3 is 7.82 Å². The molecule has 5 N–H and O–H groups in total. The number of aliphatic imine (C=N–C) groups is 1. The van der Waals surface area contributed by atoms with Gasteiger partial charge in [0.2, 0.25) is 5.78 Å². The van der Waals surface area contributed by atoms with E-state index in [0.29, 0.717) is 6.07 Å². The summed E-state index contributed by atoms with van der Waals surface area (Å²) in [6.07, 6.45) is 0.0823. The lowest BCUT2D eigenvalue weighted by Crippen LogP contribution is -2.27. The van der Waals surface area contributed by atoms with Crippen molar-refractivity contribution in [2.45, 2.75) is 16.7 Å². The molecule has 0 radical (unpaired) electrons. The Morgan fingerprint density at radius 1 is 1.19 bits per heavy atom. The van der Waals surface area contributed by atoms with Crippen molar-refractivity contribution in [2.75, 3.05) is 12.0 Å². The summed E-state index contributed by atoms with van der Waals surface area (Å²) < 4.78 is 79.4. The molecule has 0 saturated heterocycles. The second-order valence-electron chi connectivity index (χ2n) is 5.96. The van der Waals surface area contributed by atoms with E-state index >= 15 is 0 Å². The number of phosphoric ester groups is 1. The fraction of sp³-hybridized carbons (Fsp3) is 0.143. The number of phosphoric acid groups is 1. The van der Waals surface area contributed by atoms with E-state index in [1.807, 2.05) is 0 Å². The minimum atomic E-state index is -5.04. The Hall–Kier alpha value is -2.63. The molecule has 0 bridgehead atoms. The monoisotopic (exact) mass is 511 g/mol. The van der Waals surface area contributed by atoms with Crippen LogP contribution in [0.25, 0.3) is 0 Å². The summed E-state index contributed by atoms with van der Waals surface area (Å²) in [6, 6.07) is 2.02. The first-order valence-corrected chi connectivity index (χ1v) is 12.4. The first-order valence-electron chi connectivity index (χ1n) is 7.96. The van der Waals surface area contributed by atoms with Gasteiger partial charge in [0.25, 0.3) is 20.2 Å². The highest BCUT2D eigenvalue weighted by Gasteiger charge is 2.29. The molecule has 174 valence electrons. The Balaban J connectivity index is 2.58. The fourth-order valence-corrected chi connectivity index (χ4v) is 3.87. The number of Topliss-reactive ketones (excluding diaryl/α,β-unsaturated/α-hetero) is 1. The van der Waals surface area contributed by atoms with Gasteiger partial charge in [0.1, 0.15) is 4.90 Å². The molecule has 0 unspecified atom stereocenters. The van der Waals surface area contributed by atoms with Crippen molar-refractivity contribution in [3.8, 4) is 0 Å². The maximum absolute atomic E-state index is 12.1. The van der Waals surface area contributed by atoms with Crippen LogP contribution >= 0.6 is 7.82 Å². The Morgan fingerprint density at radius 2 is 1.81 bits per heavy atom. The molecule has 1 aromatic rings. The van der Waals surface area contributed by atoms with Crippen molar-refractivity contribution in [3.05, 3.63) is 29.3 Å². The summed E-state index contributed by atoms with van der Waals surface area (Å²) in [5.74, 6) is -1.38. The smallest absolute Gasteiger partial charge is 0.303 e. The van der Waals surface area contributed by atoms with Crippen LogP contribution in [0.15, 0.2) is 49.2 Å². The lowest BCUT2D eigenvalue weighted by Gasteiger charge is -2.17. The van der Waals surface area contributed by atoms with Gasteiger partial charge in [-0.05, 0) is 25.1 Å². The van der Waals surface area contributed by atoms with Crippen LogP contribution in [0.4, 0.5) is 5.69 Å². The number of nitrogens with one attached hydrogen (secondary N) is 1. The maximum Gasteiger partial charge on any atom is 0.469 e. The molecular formula is C14H14N3O12PS2. The zero-order valence-corrected chi connectivity index (χ0v) is 18.3. The highest BCUT2D eigenvalue weighted by molar-refractivity contribution is 7.86. The molecule has 32 heavy (non-hydrogen) atoms. The number of anilines is 1. The van der Waals surface area contributed by atoms with Gasteiger partial charge in [-0.1, -0.05) is 0 Å². The number of hydrazone groups is 1. The SMILES string of the molecule is CC1=N/C(=N/Nc2ccc(S(=O)(=O)O)cc2S(=O)(=O)O)C(COP(=O)(O)O)=C(C=O)C1=O. The number of hydrogen-bond donors (Lipinski definition) is 5. The first kappa shape index (κ1) is 25.6. The van der Waals surface area contributed by atoms with E-state index in [9.17, 15) is 35.5 Å². The number of carbonyl (C=O) groups excluding carboxylic acids is 2. The summed E-state index contributed by atoms with van der Waals surface area (Å²) in [4.78, 5) is 43.1. The Bertz CT molecular complexity index is 1340. The summed E-state index contributed by atoms with van der Waals surface area (Å²) >= 11 is 0. The number of amidine groups is 1. The van der Waals surface area contributed by atoms with E-state index in [4.69, 9.17) is 14.3 Å². The molecule has 0 aromatic heterocycles. The molecule has 0 amide bonds. The number of aldehydes is 1. The van der Waals surface area contributed by atoms with Crippen molar-refractivity contribution >= 4 is 57.4 Å². The minimum absolute atomic E-state index is 0.0823. The normalized spacial score (nSPS) is 16.8. The third kappa shape index (κ3) is 6.21. The number of dihydropyridines is 1. The highest BCUT2D eigenvalue weighted by Crippen LogP contribution is 2.37. The van der Waals surface area contributed by atoms with Crippen molar-refractivity contribution in [2.24, 2.45) is 10.1 Å². The van der Waals surface area contributed by atoms with Crippen LogP contribution in [0, 0.1) is 0 Å². The quantitative estimate of drug-likeness (QED) is 0.0977. The van der Waals surface area contributed by atoms with E-state index < -0.39 is 72.9 Å². The second kappa shape index (κ2) is 9.08. The Kier molecular flexibility index (Phi) is 7.28. The molecule has 0 fully saturated rings. The molecule has 0 atom stereocenters. The van der Waals surface area contributed by atoms with Crippen molar-refractivity contribution in [1.29, 1.82) is 0 Å². The third-order valence-corrected chi connectivity index (χ3v) is 5.96. The van der Waals surface area contributed by atoms with Gasteiger partial charge in [-0.3, -0.25) is 28.6 Å². The van der Waals surface area contributed by atoms with E-state index in [-0.39, 0.29) is 12.0 Å². The van der Waals surface area contributed by atoms with Gasteiger partial charge < -0.3 is 9.79 Å². The van der Waals surface area contributed by atoms with Crippen LogP contribution in [-0.4, -0.2) is 66.0 Å². The number of nitrogens with zero attached hydrogens (tertiary/aromatic N) is 2. The van der Waals surface area contributed by atoms with Gasteiger partial charge in [-0.25, -0.2) is 9.56 Å². The summed E-state index contributed by atoms with van der Waals surface area (Å²) in [5, 5.41) is 3.67. The van der Waals surface area contributed by atoms with Crippen molar-refractivity contribution in [3.63, 3.8) is 0 Å². The zero-order chi connectivity index (χ0) is 24.5. The van der Waals surface area contributed by atoms with Crippen LogP contribution in [-0.2, 0) is 38.9 Å². The topological polar surface area (TPSA) is 246 Å². The average molecular weight is 511 g/mol. The van der Waals surface area contributed by atoms with Gasteiger partial charge in [0.05, 0.1) is 28.5 Å². The zero-order valence-electron chi connectivity index (χ0n) is 15.7. The minimum Gasteiger partial charge on any atom is -0.303 e. The molecule has 1 aliphatic heterocycles. The lowest BCUT2D eigenvalue weighted by atomic mass is 9.99. The lowest BCUT2D eigenvalue weighted by molar-refractivity contribution is -0.113. The summed E-state index contributed by atoms with van der Waals surface area (Å²) in [6.45, 7) is 0.223. The van der Waals surface area contributed by atoms with Gasteiger partial charge in [0, 0.05) is 5.57 Å². The molecular weight excluding hydrogens is 497 g/mol. The molecule has 15 nitrogen and oxygen atoms in total. The average Bonchev–Trinajstić information content (AvgIpc) is 2.65. The number of hydrogen-bond acceptors (Lipinski definition) is 10. The van der Waals surface area contributed by atoms with E-state index in [1.54, 1.807) is 0 Å². The molecule has 1 heterocycles. The molecule has 1 aromatic carbocycles. The van der Waals surface area contributed by atoms with Crippen LogP contribution in [0.2, 0.25) is 0 Å². The predicted octanol–water partition coefficient (Wildman–Crippen LogP) is -0.446. The molecule has 1 aliphatic rings. The second-order valence-corrected chi connectivity index (χ2v) is 10.0. The van der Waals surface area contributed by atoms with Crippen LogP contribution in [0.1, 0.15) is 6.92 Å². The Morgan fingerprint density at radius 3 is 2.31 bits per heavy atom. The molecule has 0 aliphatic carbocycles. The maximum atomic E-state index is 12.1. The highest BCUT2D eigenvalue weighted by atomic mass is 32.2. The van der Waals surface area contributed by atoms with E-state index in [1.165, 1.54) is 6.92 Å². The van der Waals surface area contributed by atoms with Crippen LogP contribution in [0.5, 0.6) is 0 Å². The fourth-order valence-electron chi connectivity index (χ4n) is 2.32. The van der Waals surface area contributed by atoms with E-state index in [0.717, 1.165) is 12.1 Å². The number of allylic oxidation sites excluding steroid dienone is 1. The van der Waals surface area contributed by atoms with Crippen LogP contribution in [0.3, 0.4) is 0 Å². The standard InChI is InChI=1S/C14H14N3O12PS2/c1-7-13(19)9(5-18)10(6-29-30(20,21)22)14(15-7)17-16-11-3-2-8(31(23,24)25)4-12(11)32(26,27)28/h2-5,16H,6H2,1H3,(H2,20,21,22)(H,23,24,25)(H,26,27,28)/b17-14+. The van der Waals surface area contributed by atoms with Gasteiger partial charge in [-0.15, -0.1) is 0 Å². The Labute approximate surface area is 180 Å². The first-order chi connectivity index (χ1) is 14.5. The number of rotatable bonds is 8. The van der Waals surface area contributed by atoms with Crippen molar-refractivity contribution < 1.29 is 54.4 Å². The number of carbonyl (C=O) groups is 2. The van der Waals surface area contributed by atoms with Gasteiger partial charge in [0.15, 0.2) is 12.1 Å². The molecule has 0 spiro atoms. The summed E-state index contributed by atoms with van der Waals surface area (Å²) in [7, 11) is -14.9. The molecule has 2 rings (SSSR count). The largest absolute Gasteiger partial charge is 0.469 e. The predicted molar refractivity (Wildman–Crippen MR) is 106 cm³/mol. The molecule has 18 heteroatoms. The third-order valence-electron chi connectivity index (χ3n) is 3.75.